The number of ketones is 1. The summed E-state index contributed by atoms with van der Waals surface area (Å²) in [5.74, 6) is 0.492. The van der Waals surface area contributed by atoms with Crippen molar-refractivity contribution in [2.24, 2.45) is 5.92 Å². The molecule has 0 bridgehead atoms. The number of piperidine rings is 1. The Labute approximate surface area is 105 Å². The Morgan fingerprint density at radius 2 is 1.88 bits per heavy atom. The number of carbonyl (C=O) groups excluding carboxylic acids is 1. The van der Waals surface area contributed by atoms with Crippen molar-refractivity contribution in [2.75, 3.05) is 0 Å². The summed E-state index contributed by atoms with van der Waals surface area (Å²) in [6.45, 7) is 4.07. The molecule has 1 fully saturated rings. The molecular formula is C13H16BrNO. The molecule has 1 aromatic carbocycles. The summed E-state index contributed by atoms with van der Waals surface area (Å²) < 4.78 is 1.07. The van der Waals surface area contributed by atoms with Gasteiger partial charge in [-0.2, -0.15) is 0 Å². The largest absolute Gasteiger partial charge is 0.306 e. The molecule has 1 heterocycles. The number of hydrogen-bond donors (Lipinski definition) is 1. The topological polar surface area (TPSA) is 29.1 Å². The fraction of sp³-hybridized carbons (Fsp3) is 0.462. The van der Waals surface area contributed by atoms with Crippen molar-refractivity contribution in [3.63, 3.8) is 0 Å². The van der Waals surface area contributed by atoms with Crippen molar-refractivity contribution < 1.29 is 4.79 Å². The van der Waals surface area contributed by atoms with Crippen molar-refractivity contribution in [3.05, 3.63) is 34.3 Å². The van der Waals surface area contributed by atoms with E-state index in [1.807, 2.05) is 19.1 Å². The second kappa shape index (κ2) is 4.68. The molecule has 1 N–H and O–H groups in total. The van der Waals surface area contributed by atoms with Crippen LogP contribution in [0.2, 0.25) is 0 Å². The molecule has 3 atom stereocenters. The molecule has 3 heteroatoms. The molecular weight excluding hydrogens is 266 g/mol. The van der Waals surface area contributed by atoms with Gasteiger partial charge in [0, 0.05) is 28.9 Å². The maximum absolute atomic E-state index is 11.8. The highest BCUT2D eigenvalue weighted by Crippen LogP contribution is 2.27. The van der Waals surface area contributed by atoms with Gasteiger partial charge in [0.2, 0.25) is 0 Å². The van der Waals surface area contributed by atoms with E-state index in [2.05, 4.69) is 40.3 Å². The van der Waals surface area contributed by atoms with E-state index < -0.39 is 0 Å². The highest BCUT2D eigenvalue weighted by atomic mass is 79.9. The van der Waals surface area contributed by atoms with Crippen LogP contribution in [0.3, 0.4) is 0 Å². The summed E-state index contributed by atoms with van der Waals surface area (Å²) >= 11 is 3.42. The standard InChI is InChI=1S/C13H16BrNO/c1-8-9(2)15-12(7-13(8)16)10-3-5-11(14)6-4-10/h3-6,8-9,12,15H,7H2,1-2H3/t8-,9-,12-/m0/s1. The molecule has 0 amide bonds. The lowest BCUT2D eigenvalue weighted by atomic mass is 9.86. The molecule has 1 aromatic rings. The summed E-state index contributed by atoms with van der Waals surface area (Å²) in [7, 11) is 0. The van der Waals surface area contributed by atoms with Crippen molar-refractivity contribution in [1.82, 2.24) is 5.32 Å². The van der Waals surface area contributed by atoms with Gasteiger partial charge in [-0.05, 0) is 24.6 Å². The van der Waals surface area contributed by atoms with Gasteiger partial charge in [-0.15, -0.1) is 0 Å². The molecule has 0 unspecified atom stereocenters. The normalized spacial score (nSPS) is 30.4. The summed E-state index contributed by atoms with van der Waals surface area (Å²) in [5.41, 5.74) is 1.19. The van der Waals surface area contributed by atoms with Crippen LogP contribution in [0.1, 0.15) is 31.9 Å². The maximum atomic E-state index is 11.8. The van der Waals surface area contributed by atoms with Crippen LogP contribution in [0.5, 0.6) is 0 Å². The number of nitrogens with one attached hydrogen (secondary N) is 1. The fourth-order valence-corrected chi connectivity index (χ4v) is 2.36. The number of hydrogen-bond acceptors (Lipinski definition) is 2. The van der Waals surface area contributed by atoms with Gasteiger partial charge in [-0.1, -0.05) is 35.0 Å². The second-order valence-electron chi connectivity index (χ2n) is 4.52. The van der Waals surface area contributed by atoms with Crippen molar-refractivity contribution in [2.45, 2.75) is 32.4 Å². The molecule has 1 saturated heterocycles. The van der Waals surface area contributed by atoms with Crippen LogP contribution in [0.25, 0.3) is 0 Å². The third kappa shape index (κ3) is 2.36. The average Bonchev–Trinajstić information content (AvgIpc) is 2.26. The molecule has 2 nitrogen and oxygen atoms in total. The highest BCUT2D eigenvalue weighted by molar-refractivity contribution is 9.10. The van der Waals surface area contributed by atoms with E-state index in [0.717, 1.165) is 4.47 Å². The molecule has 86 valence electrons. The maximum Gasteiger partial charge on any atom is 0.139 e. The molecule has 1 aliphatic rings. The van der Waals surface area contributed by atoms with Crippen LogP contribution in [0.4, 0.5) is 0 Å². The minimum atomic E-state index is 0.131. The molecule has 16 heavy (non-hydrogen) atoms. The minimum Gasteiger partial charge on any atom is -0.306 e. The predicted molar refractivity (Wildman–Crippen MR) is 68.3 cm³/mol. The molecule has 0 aliphatic carbocycles. The highest BCUT2D eigenvalue weighted by Gasteiger charge is 2.30. The number of benzene rings is 1. The first-order valence-electron chi connectivity index (χ1n) is 5.62. The molecule has 0 radical (unpaired) electrons. The minimum absolute atomic E-state index is 0.131. The van der Waals surface area contributed by atoms with Crippen LogP contribution in [0, 0.1) is 5.92 Å². The third-order valence-corrected chi connectivity index (χ3v) is 3.93. The average molecular weight is 282 g/mol. The van der Waals surface area contributed by atoms with E-state index >= 15 is 0 Å². The smallest absolute Gasteiger partial charge is 0.139 e. The molecule has 0 aromatic heterocycles. The second-order valence-corrected chi connectivity index (χ2v) is 5.43. The third-order valence-electron chi connectivity index (χ3n) is 3.40. The van der Waals surface area contributed by atoms with E-state index in [9.17, 15) is 4.79 Å². The van der Waals surface area contributed by atoms with Crippen LogP contribution in [-0.2, 0) is 4.79 Å². The Kier molecular flexibility index (Phi) is 3.45. The Morgan fingerprint density at radius 1 is 1.25 bits per heavy atom. The number of rotatable bonds is 1. The van der Waals surface area contributed by atoms with Crippen molar-refractivity contribution in [1.29, 1.82) is 0 Å². The SMILES string of the molecule is C[C@@H]1N[C@H](c2ccc(Br)cc2)CC(=O)[C@H]1C. The zero-order chi connectivity index (χ0) is 11.7. The predicted octanol–water partition coefficient (Wildman–Crippen LogP) is 3.08. The fourth-order valence-electron chi connectivity index (χ4n) is 2.10. The zero-order valence-electron chi connectivity index (χ0n) is 9.53. The summed E-state index contributed by atoms with van der Waals surface area (Å²) in [6, 6.07) is 8.60. The van der Waals surface area contributed by atoms with Gasteiger partial charge in [0.1, 0.15) is 5.78 Å². The van der Waals surface area contributed by atoms with E-state index in [0.29, 0.717) is 12.2 Å². The van der Waals surface area contributed by atoms with E-state index in [1.165, 1.54) is 5.56 Å². The van der Waals surface area contributed by atoms with Crippen LogP contribution in [-0.4, -0.2) is 11.8 Å². The van der Waals surface area contributed by atoms with E-state index in [4.69, 9.17) is 0 Å². The Hall–Kier alpha value is -0.670. The van der Waals surface area contributed by atoms with Gasteiger partial charge >= 0.3 is 0 Å². The first-order valence-corrected chi connectivity index (χ1v) is 6.41. The lowest BCUT2D eigenvalue weighted by Gasteiger charge is -2.33. The van der Waals surface area contributed by atoms with E-state index in [-0.39, 0.29) is 18.0 Å². The summed E-state index contributed by atoms with van der Waals surface area (Å²) in [6.07, 6.45) is 0.604. The zero-order valence-corrected chi connectivity index (χ0v) is 11.1. The number of carbonyl (C=O) groups is 1. The van der Waals surface area contributed by atoms with Gasteiger partial charge < -0.3 is 5.32 Å². The first-order chi connectivity index (χ1) is 7.58. The molecule has 1 aliphatic heterocycles. The van der Waals surface area contributed by atoms with Crippen LogP contribution >= 0.6 is 15.9 Å². The number of halogens is 1. The van der Waals surface area contributed by atoms with Gasteiger partial charge in [0.05, 0.1) is 0 Å². The van der Waals surface area contributed by atoms with Gasteiger partial charge in [-0.25, -0.2) is 0 Å². The quantitative estimate of drug-likeness (QED) is 0.857. The lowest BCUT2D eigenvalue weighted by Crippen LogP contribution is -2.45. The number of Topliss-reactive ketones (excluding diaryl/α,β-unsaturated/α-hetero) is 1. The van der Waals surface area contributed by atoms with Gasteiger partial charge in [-0.3, -0.25) is 4.79 Å². The Morgan fingerprint density at radius 3 is 2.44 bits per heavy atom. The summed E-state index contributed by atoms with van der Waals surface area (Å²) in [4.78, 5) is 11.8. The molecule has 0 spiro atoms. The van der Waals surface area contributed by atoms with Crippen molar-refractivity contribution >= 4 is 21.7 Å². The summed E-state index contributed by atoms with van der Waals surface area (Å²) in [5, 5.41) is 3.50. The monoisotopic (exact) mass is 281 g/mol. The van der Waals surface area contributed by atoms with Gasteiger partial charge in [0.25, 0.3) is 0 Å². The lowest BCUT2D eigenvalue weighted by molar-refractivity contribution is -0.125. The van der Waals surface area contributed by atoms with Crippen LogP contribution in [0.15, 0.2) is 28.7 Å². The molecule has 2 rings (SSSR count). The van der Waals surface area contributed by atoms with Gasteiger partial charge in [0.15, 0.2) is 0 Å². The Balaban J connectivity index is 2.17. The van der Waals surface area contributed by atoms with Crippen molar-refractivity contribution in [3.8, 4) is 0 Å². The molecule has 0 saturated carbocycles. The Bertz CT molecular complexity index is 387. The first kappa shape index (κ1) is 11.8. The van der Waals surface area contributed by atoms with Crippen LogP contribution < -0.4 is 5.32 Å². The van der Waals surface area contributed by atoms with E-state index in [1.54, 1.807) is 0 Å².